The van der Waals surface area contributed by atoms with E-state index in [1.54, 1.807) is 12.1 Å². The summed E-state index contributed by atoms with van der Waals surface area (Å²) in [5, 5.41) is 0. The Morgan fingerprint density at radius 3 is 1.86 bits per heavy atom. The number of benzene rings is 3. The van der Waals surface area contributed by atoms with Crippen molar-refractivity contribution in [1.29, 1.82) is 0 Å². The molecule has 0 aromatic heterocycles. The summed E-state index contributed by atoms with van der Waals surface area (Å²) in [4.78, 5) is 0. The van der Waals surface area contributed by atoms with E-state index in [9.17, 15) is 0 Å². The van der Waals surface area contributed by atoms with Gasteiger partial charge in [0.25, 0.3) is 0 Å². The van der Waals surface area contributed by atoms with Gasteiger partial charge in [0.2, 0.25) is 0 Å². The van der Waals surface area contributed by atoms with Crippen molar-refractivity contribution in [2.75, 3.05) is 0 Å². The minimum absolute atomic E-state index is 0. The molecule has 0 saturated heterocycles. The average molecular weight is 711 g/mol. The zero-order valence-electron chi connectivity index (χ0n) is 29.4. The summed E-state index contributed by atoms with van der Waals surface area (Å²) < 4.78 is 11.7. The van der Waals surface area contributed by atoms with Gasteiger partial charge in [-0.05, 0) is 0 Å². The van der Waals surface area contributed by atoms with Crippen LogP contribution in [0.1, 0.15) is 105 Å². The van der Waals surface area contributed by atoms with Gasteiger partial charge >= 0.3 is 259 Å². The third-order valence-corrected chi connectivity index (χ3v) is 28.4. The molecule has 0 aliphatic heterocycles. The van der Waals surface area contributed by atoms with Gasteiger partial charge in [0.15, 0.2) is 0 Å². The Balaban J connectivity index is 0.00000264. The molecule has 1 unspecified atom stereocenters. The first-order chi connectivity index (χ1) is 19.3. The molecule has 2 aliphatic carbocycles. The number of fused-ring (bicyclic) bond motifs is 3. The molecule has 3 aromatic rings. The third-order valence-electron chi connectivity index (χ3n) is 10.7. The van der Waals surface area contributed by atoms with E-state index in [0.717, 1.165) is 10.5 Å². The molecule has 0 bridgehead atoms. The Bertz CT molecular complexity index is 1700. The van der Waals surface area contributed by atoms with Gasteiger partial charge in [-0.1, -0.05) is 0 Å². The summed E-state index contributed by atoms with van der Waals surface area (Å²) in [6, 6.07) is 23.8. The van der Waals surface area contributed by atoms with Crippen molar-refractivity contribution in [3.63, 3.8) is 0 Å². The van der Waals surface area contributed by atoms with Crippen LogP contribution in [0.4, 0.5) is 0 Å². The molecule has 5 rings (SSSR count). The van der Waals surface area contributed by atoms with Gasteiger partial charge in [0.05, 0.1) is 0 Å². The Morgan fingerprint density at radius 1 is 0.773 bits per heavy atom. The van der Waals surface area contributed by atoms with Gasteiger partial charge in [-0.25, -0.2) is 0 Å². The number of hydrogen-bond donors (Lipinski definition) is 0. The van der Waals surface area contributed by atoms with E-state index in [4.69, 9.17) is 4.21 Å². The average Bonchev–Trinajstić information content (AvgIpc) is 3.43. The van der Waals surface area contributed by atoms with E-state index in [0.29, 0.717) is 5.92 Å². The topological polar surface area (TPSA) is 0 Å². The van der Waals surface area contributed by atoms with Crippen molar-refractivity contribution < 1.29 is 18.3 Å². The van der Waals surface area contributed by atoms with Crippen LogP contribution in [-0.2, 0) is 35.5 Å². The van der Waals surface area contributed by atoms with Gasteiger partial charge in [0.1, 0.15) is 0 Å². The molecule has 2 aliphatic rings. The quantitative estimate of drug-likeness (QED) is 0.198. The van der Waals surface area contributed by atoms with E-state index < -0.39 is 18.3 Å². The van der Waals surface area contributed by atoms with Crippen molar-refractivity contribution in [2.45, 2.75) is 104 Å². The molecule has 0 fully saturated rings. The zero-order chi connectivity index (χ0) is 31.1. The van der Waals surface area contributed by atoms with Gasteiger partial charge in [-0.2, -0.15) is 0 Å². The van der Waals surface area contributed by atoms with Crippen LogP contribution in [0.15, 0.2) is 81.2 Å². The van der Waals surface area contributed by atoms with Crippen molar-refractivity contribution in [3.05, 3.63) is 103 Å². The van der Waals surface area contributed by atoms with E-state index in [1.165, 1.54) is 42.2 Å². The second-order valence-electron chi connectivity index (χ2n) is 16.6. The summed E-state index contributed by atoms with van der Waals surface area (Å²) in [5.41, 5.74) is 12.1. The van der Waals surface area contributed by atoms with Crippen LogP contribution in [-0.4, -0.2) is 4.21 Å². The van der Waals surface area contributed by atoms with Crippen LogP contribution in [0.3, 0.4) is 0 Å². The normalized spacial score (nSPS) is 17.0. The first-order valence-electron chi connectivity index (χ1n) is 16.2. The minimum atomic E-state index is -4.53. The standard InChI is InChI=1S/C21H25.C11H17.C6H5.C2H5.CH2.2ClH.Zr/c1-20(2,3)16-7-9-18-14(12-16)11-15-13-17(21(4,5)6)8-10-19(15)18;1-8-6-9(2)10(7-8)11(3,4)5;1-2-4-6-5-3-1;1-2;;;;/h7-10,12H,11H2,1-6H3;7-8H,1-5H3;1-5H;1H2,2H3;1H2;2*1H;. The van der Waals surface area contributed by atoms with Gasteiger partial charge in [-0.3, -0.25) is 0 Å². The van der Waals surface area contributed by atoms with Crippen molar-refractivity contribution >= 4 is 35.6 Å². The fraction of sp³-hybridized carbons (Fsp3) is 0.439. The van der Waals surface area contributed by atoms with Crippen LogP contribution in [0.2, 0.25) is 4.13 Å². The number of hydrogen-bond acceptors (Lipinski definition) is 0. The Labute approximate surface area is 282 Å². The Morgan fingerprint density at radius 2 is 1.36 bits per heavy atom. The van der Waals surface area contributed by atoms with Crippen LogP contribution in [0, 0.1) is 11.3 Å². The van der Waals surface area contributed by atoms with Crippen LogP contribution >= 0.6 is 24.8 Å². The zero-order valence-corrected chi connectivity index (χ0v) is 33.5. The molecule has 1 atom stereocenters. The molecule has 0 nitrogen and oxygen atoms in total. The molecular weight excluding hydrogens is 655 g/mol. The monoisotopic (exact) mass is 708 g/mol. The number of halogens is 2. The molecular formula is C41H56Cl2Zr. The summed E-state index contributed by atoms with van der Waals surface area (Å²) >= 11 is -4.53. The molecule has 3 heteroatoms. The molecule has 0 spiro atoms. The first-order valence-corrected chi connectivity index (χ1v) is 23.3. The van der Waals surface area contributed by atoms with Crippen molar-refractivity contribution in [3.8, 4) is 11.1 Å². The molecule has 0 radical (unpaired) electrons. The second kappa shape index (κ2) is 11.9. The molecule has 44 heavy (non-hydrogen) atoms. The first kappa shape index (κ1) is 36.9. The van der Waals surface area contributed by atoms with Crippen molar-refractivity contribution in [1.82, 2.24) is 0 Å². The summed E-state index contributed by atoms with van der Waals surface area (Å²) in [7, 11) is 0. The second-order valence-corrected chi connectivity index (χ2v) is 30.6. The number of rotatable bonds is 4. The van der Waals surface area contributed by atoms with Gasteiger partial charge in [-0.15, -0.1) is 24.8 Å². The molecule has 3 aromatic carbocycles. The maximum absolute atomic E-state index is 5.75. The predicted octanol–water partition coefficient (Wildman–Crippen LogP) is 11.1. The molecule has 0 heterocycles. The SMILES string of the molecule is Cl.Cl.[CH2]=[Zr]([CH2]C)([C]1=C(C)C(C(C)(C)C)=CC1C)([c]1ccccc1)[c]1c(C(C)(C)C)ccc2c1Cc1cc(C(C)(C)C)ccc1-2. The summed E-state index contributed by atoms with van der Waals surface area (Å²) in [5.74, 6) is 0.377. The van der Waals surface area contributed by atoms with E-state index >= 15 is 0 Å². The van der Waals surface area contributed by atoms with E-state index in [2.05, 4.69) is 150 Å². The fourth-order valence-electron chi connectivity index (χ4n) is 8.66. The third kappa shape index (κ3) is 5.56. The molecule has 238 valence electrons. The van der Waals surface area contributed by atoms with E-state index in [1.807, 2.05) is 0 Å². The van der Waals surface area contributed by atoms with Gasteiger partial charge < -0.3 is 0 Å². The summed E-state index contributed by atoms with van der Waals surface area (Å²) in [6.45, 7) is 28.7. The molecule has 0 saturated carbocycles. The van der Waals surface area contributed by atoms with Crippen molar-refractivity contribution in [2.24, 2.45) is 11.3 Å². The van der Waals surface area contributed by atoms with Crippen LogP contribution in [0.5, 0.6) is 0 Å². The summed E-state index contributed by atoms with van der Waals surface area (Å²) in [6.07, 6.45) is 3.59. The van der Waals surface area contributed by atoms with Crippen LogP contribution in [0.25, 0.3) is 11.1 Å². The molecule has 0 amide bonds. The predicted molar refractivity (Wildman–Crippen MR) is 199 cm³/mol. The Hall–Kier alpha value is -1.53. The molecule has 0 N–H and O–H groups in total. The van der Waals surface area contributed by atoms with Crippen LogP contribution < -0.4 is 6.54 Å². The Kier molecular flexibility index (Phi) is 10.0. The fourth-order valence-corrected chi connectivity index (χ4v) is 26.6. The van der Waals surface area contributed by atoms with Gasteiger partial charge in [0, 0.05) is 0 Å². The number of allylic oxidation sites excluding steroid dienone is 4. The van der Waals surface area contributed by atoms with E-state index in [-0.39, 0.29) is 41.1 Å². The maximum atomic E-state index is 5.75.